The second-order valence-corrected chi connectivity index (χ2v) is 4.42. The van der Waals surface area contributed by atoms with Crippen molar-refractivity contribution < 1.29 is 4.39 Å². The van der Waals surface area contributed by atoms with Gasteiger partial charge in [0.05, 0.1) is 5.02 Å². The molecule has 0 bridgehead atoms. The highest BCUT2D eigenvalue weighted by Gasteiger charge is 2.14. The Bertz CT molecular complexity index is 328. The monoisotopic (exact) mass is 249 g/mol. The summed E-state index contributed by atoms with van der Waals surface area (Å²) in [5, 5.41) is 0.161. The van der Waals surface area contributed by atoms with Crippen molar-refractivity contribution in [2.45, 2.75) is 12.5 Å². The summed E-state index contributed by atoms with van der Waals surface area (Å²) in [6.45, 7) is 0. The molecule has 0 fully saturated rings. The molecule has 1 aromatic rings. The third kappa shape index (κ3) is 3.33. The van der Waals surface area contributed by atoms with Gasteiger partial charge in [-0.25, -0.2) is 4.39 Å². The summed E-state index contributed by atoms with van der Waals surface area (Å²) in [6.07, 6.45) is 0.816. The largest absolute Gasteiger partial charge is 0.302 e. The Morgan fingerprint density at radius 1 is 1.40 bits per heavy atom. The summed E-state index contributed by atoms with van der Waals surface area (Å²) in [4.78, 5) is 2.05. The summed E-state index contributed by atoms with van der Waals surface area (Å²) in [5.74, 6) is 0.182. The molecule has 0 spiro atoms. The van der Waals surface area contributed by atoms with E-state index in [2.05, 4.69) is 0 Å². The topological polar surface area (TPSA) is 3.24 Å². The molecule has 0 aliphatic carbocycles. The van der Waals surface area contributed by atoms with Gasteiger partial charge >= 0.3 is 0 Å². The minimum absolute atomic E-state index is 0.161. The Labute approximate surface area is 99.8 Å². The smallest absolute Gasteiger partial charge is 0.141 e. The van der Waals surface area contributed by atoms with Gasteiger partial charge in [-0.15, -0.1) is 11.6 Å². The lowest BCUT2D eigenvalue weighted by atomic mass is 10.0. The summed E-state index contributed by atoms with van der Waals surface area (Å²) in [7, 11) is 3.93. The Balaban J connectivity index is 2.95. The van der Waals surface area contributed by atoms with Crippen LogP contribution in [0.15, 0.2) is 18.2 Å². The van der Waals surface area contributed by atoms with Crippen LogP contribution in [0.5, 0.6) is 0 Å². The highest BCUT2D eigenvalue weighted by atomic mass is 35.5. The van der Waals surface area contributed by atoms with Crippen molar-refractivity contribution in [2.75, 3.05) is 20.0 Å². The maximum absolute atomic E-state index is 13.0. The molecule has 1 aromatic carbocycles. The van der Waals surface area contributed by atoms with Crippen LogP contribution in [0.1, 0.15) is 18.0 Å². The van der Waals surface area contributed by atoms with Crippen LogP contribution in [0.2, 0.25) is 5.02 Å². The number of rotatable bonds is 4. The van der Waals surface area contributed by atoms with Crippen molar-refractivity contribution >= 4 is 23.2 Å². The molecule has 1 unspecified atom stereocenters. The van der Waals surface area contributed by atoms with Gasteiger partial charge in [-0.2, -0.15) is 0 Å². The lowest BCUT2D eigenvalue weighted by Crippen LogP contribution is -2.20. The Hall–Kier alpha value is -0.310. The second kappa shape index (κ2) is 5.69. The highest BCUT2D eigenvalue weighted by molar-refractivity contribution is 6.30. The van der Waals surface area contributed by atoms with Crippen molar-refractivity contribution in [1.29, 1.82) is 0 Å². The Morgan fingerprint density at radius 2 is 2.07 bits per heavy atom. The standard InChI is InChI=1S/C11H14Cl2FN/c1-15(2)11(5-6-12)8-3-4-10(14)9(13)7-8/h3-4,7,11H,5-6H2,1-2H3. The summed E-state index contributed by atoms with van der Waals surface area (Å²) in [5.41, 5.74) is 0.993. The minimum atomic E-state index is -0.385. The van der Waals surface area contributed by atoms with E-state index in [9.17, 15) is 4.39 Å². The first kappa shape index (κ1) is 12.8. The number of nitrogens with zero attached hydrogens (tertiary/aromatic N) is 1. The molecule has 0 saturated heterocycles. The van der Waals surface area contributed by atoms with Gasteiger partial charge in [0.15, 0.2) is 0 Å². The van der Waals surface area contributed by atoms with E-state index in [4.69, 9.17) is 23.2 Å². The van der Waals surface area contributed by atoms with Crippen molar-refractivity contribution in [1.82, 2.24) is 4.90 Å². The van der Waals surface area contributed by atoms with Gasteiger partial charge < -0.3 is 4.90 Å². The molecule has 0 heterocycles. The van der Waals surface area contributed by atoms with Crippen LogP contribution in [-0.2, 0) is 0 Å². The third-order valence-electron chi connectivity index (χ3n) is 2.33. The van der Waals surface area contributed by atoms with E-state index in [1.54, 1.807) is 12.1 Å². The van der Waals surface area contributed by atoms with E-state index >= 15 is 0 Å². The van der Waals surface area contributed by atoms with Gasteiger partial charge in [-0.3, -0.25) is 0 Å². The SMILES string of the molecule is CN(C)C(CCCl)c1ccc(F)c(Cl)c1. The van der Waals surface area contributed by atoms with Crippen LogP contribution >= 0.6 is 23.2 Å². The van der Waals surface area contributed by atoms with Crippen LogP contribution in [0.25, 0.3) is 0 Å². The number of hydrogen-bond donors (Lipinski definition) is 0. The molecular formula is C11H14Cl2FN. The molecule has 0 N–H and O–H groups in total. The molecule has 0 amide bonds. The van der Waals surface area contributed by atoms with Gasteiger partial charge in [-0.05, 0) is 38.2 Å². The lowest BCUT2D eigenvalue weighted by Gasteiger charge is -2.24. The number of hydrogen-bond acceptors (Lipinski definition) is 1. The fraction of sp³-hybridized carbons (Fsp3) is 0.455. The Morgan fingerprint density at radius 3 is 2.53 bits per heavy atom. The molecule has 15 heavy (non-hydrogen) atoms. The zero-order chi connectivity index (χ0) is 11.4. The molecule has 1 rings (SSSR count). The van der Waals surface area contributed by atoms with Crippen molar-refractivity contribution in [2.24, 2.45) is 0 Å². The summed E-state index contributed by atoms with van der Waals surface area (Å²) < 4.78 is 13.0. The number of benzene rings is 1. The minimum Gasteiger partial charge on any atom is -0.302 e. The zero-order valence-electron chi connectivity index (χ0n) is 8.80. The van der Waals surface area contributed by atoms with Gasteiger partial charge in [0.2, 0.25) is 0 Å². The van der Waals surface area contributed by atoms with Crippen LogP contribution in [0, 0.1) is 5.82 Å². The molecule has 84 valence electrons. The zero-order valence-corrected chi connectivity index (χ0v) is 10.3. The maximum atomic E-state index is 13.0. The van der Waals surface area contributed by atoms with Crippen molar-refractivity contribution in [3.63, 3.8) is 0 Å². The van der Waals surface area contributed by atoms with Crippen LogP contribution < -0.4 is 0 Å². The number of halogens is 3. The Kier molecular flexibility index (Phi) is 4.84. The normalized spacial score (nSPS) is 13.2. The average molecular weight is 250 g/mol. The molecule has 0 saturated carbocycles. The van der Waals surface area contributed by atoms with Gasteiger partial charge in [0.1, 0.15) is 5.82 Å². The van der Waals surface area contributed by atoms with E-state index < -0.39 is 0 Å². The van der Waals surface area contributed by atoms with E-state index in [0.29, 0.717) is 5.88 Å². The van der Waals surface area contributed by atoms with Gasteiger partial charge in [0.25, 0.3) is 0 Å². The summed E-state index contributed by atoms with van der Waals surface area (Å²) in [6, 6.07) is 4.98. The molecule has 0 aliphatic heterocycles. The molecular weight excluding hydrogens is 236 g/mol. The quantitative estimate of drug-likeness (QED) is 0.736. The van der Waals surface area contributed by atoms with E-state index in [-0.39, 0.29) is 16.9 Å². The maximum Gasteiger partial charge on any atom is 0.141 e. The van der Waals surface area contributed by atoms with Crippen LogP contribution in [0.3, 0.4) is 0 Å². The predicted molar refractivity (Wildman–Crippen MR) is 63.2 cm³/mol. The van der Waals surface area contributed by atoms with E-state index in [0.717, 1.165) is 12.0 Å². The first-order valence-corrected chi connectivity index (χ1v) is 5.65. The average Bonchev–Trinajstić information content (AvgIpc) is 2.18. The first-order valence-electron chi connectivity index (χ1n) is 4.73. The lowest BCUT2D eigenvalue weighted by molar-refractivity contribution is 0.293. The number of alkyl halides is 1. The van der Waals surface area contributed by atoms with Crippen molar-refractivity contribution in [3.8, 4) is 0 Å². The van der Waals surface area contributed by atoms with Gasteiger partial charge in [0, 0.05) is 11.9 Å². The summed E-state index contributed by atoms with van der Waals surface area (Å²) >= 11 is 11.5. The third-order valence-corrected chi connectivity index (χ3v) is 2.84. The van der Waals surface area contributed by atoms with E-state index in [1.807, 2.05) is 19.0 Å². The molecule has 0 aromatic heterocycles. The fourth-order valence-electron chi connectivity index (χ4n) is 1.55. The fourth-order valence-corrected chi connectivity index (χ4v) is 1.94. The molecule has 0 radical (unpaired) electrons. The van der Waals surface area contributed by atoms with Crippen LogP contribution in [-0.4, -0.2) is 24.9 Å². The predicted octanol–water partition coefficient (Wildman–Crippen LogP) is 3.71. The molecule has 0 aliphatic rings. The van der Waals surface area contributed by atoms with Gasteiger partial charge in [-0.1, -0.05) is 17.7 Å². The van der Waals surface area contributed by atoms with Crippen LogP contribution in [0.4, 0.5) is 4.39 Å². The molecule has 1 nitrogen and oxygen atoms in total. The molecule has 4 heteroatoms. The van der Waals surface area contributed by atoms with Crippen molar-refractivity contribution in [3.05, 3.63) is 34.6 Å². The highest BCUT2D eigenvalue weighted by Crippen LogP contribution is 2.26. The molecule has 1 atom stereocenters. The van der Waals surface area contributed by atoms with E-state index in [1.165, 1.54) is 6.07 Å². The first-order chi connectivity index (χ1) is 7.06. The second-order valence-electron chi connectivity index (χ2n) is 3.63.